The van der Waals surface area contributed by atoms with Crippen LogP contribution >= 0.6 is 0 Å². The van der Waals surface area contributed by atoms with Crippen LogP contribution in [0.4, 0.5) is 5.82 Å². The number of aliphatic carboxylic acids is 1. The van der Waals surface area contributed by atoms with Gasteiger partial charge in [0.2, 0.25) is 0 Å². The van der Waals surface area contributed by atoms with Crippen molar-refractivity contribution >= 4 is 11.8 Å². The number of piperidine rings is 1. The Labute approximate surface area is 146 Å². The number of hydrogen-bond acceptors (Lipinski definition) is 5. The highest BCUT2D eigenvalue weighted by Crippen LogP contribution is 2.34. The fourth-order valence-electron chi connectivity index (χ4n) is 4.16. The molecule has 1 atom stereocenters. The van der Waals surface area contributed by atoms with Crippen molar-refractivity contribution in [3.05, 3.63) is 35.0 Å². The maximum Gasteiger partial charge on any atom is 0.325 e. The summed E-state index contributed by atoms with van der Waals surface area (Å²) in [6.45, 7) is 3.73. The lowest BCUT2D eigenvalue weighted by atomic mass is 9.94. The number of aromatic nitrogens is 4. The van der Waals surface area contributed by atoms with Crippen molar-refractivity contribution in [3.8, 4) is 0 Å². The van der Waals surface area contributed by atoms with Gasteiger partial charge in [0.1, 0.15) is 18.2 Å². The van der Waals surface area contributed by atoms with Gasteiger partial charge in [0.25, 0.3) is 0 Å². The van der Waals surface area contributed by atoms with Crippen LogP contribution in [0.2, 0.25) is 0 Å². The number of fused-ring (bicyclic) bond motifs is 1. The summed E-state index contributed by atoms with van der Waals surface area (Å²) in [6, 6.07) is 1.95. The van der Waals surface area contributed by atoms with Gasteiger partial charge in [0, 0.05) is 42.2 Å². The molecule has 1 aliphatic heterocycles. The molecule has 0 saturated carbocycles. The SMILES string of the molecule is Cc1nc2c(c(N3CCCC(c4ccnn4CC(=O)O)C3)n1)CCC2. The second-order valence-electron chi connectivity index (χ2n) is 6.97. The number of carbonyl (C=O) groups is 1. The molecule has 0 aromatic carbocycles. The van der Waals surface area contributed by atoms with Crippen molar-refractivity contribution in [1.29, 1.82) is 0 Å². The Morgan fingerprint density at radius 2 is 2.20 bits per heavy atom. The molecule has 7 nitrogen and oxygen atoms in total. The van der Waals surface area contributed by atoms with Crippen molar-refractivity contribution in [3.63, 3.8) is 0 Å². The highest BCUT2D eigenvalue weighted by molar-refractivity contribution is 5.66. The van der Waals surface area contributed by atoms with Crippen LogP contribution in [0.3, 0.4) is 0 Å². The predicted molar refractivity (Wildman–Crippen MR) is 92.8 cm³/mol. The zero-order chi connectivity index (χ0) is 17.4. The van der Waals surface area contributed by atoms with Gasteiger partial charge >= 0.3 is 5.97 Å². The Morgan fingerprint density at radius 1 is 1.32 bits per heavy atom. The topological polar surface area (TPSA) is 84.1 Å². The molecule has 2 aromatic rings. The average molecular weight is 341 g/mol. The first-order valence-corrected chi connectivity index (χ1v) is 8.96. The van der Waals surface area contributed by atoms with E-state index in [9.17, 15) is 4.79 Å². The highest BCUT2D eigenvalue weighted by atomic mass is 16.4. The Bertz CT molecular complexity index is 801. The first kappa shape index (κ1) is 16.1. The highest BCUT2D eigenvalue weighted by Gasteiger charge is 2.28. The van der Waals surface area contributed by atoms with E-state index in [4.69, 9.17) is 10.1 Å². The molecule has 2 aliphatic rings. The number of nitrogens with zero attached hydrogens (tertiary/aromatic N) is 5. The number of hydrogen-bond donors (Lipinski definition) is 1. The Morgan fingerprint density at radius 3 is 3.04 bits per heavy atom. The van der Waals surface area contributed by atoms with Crippen LogP contribution < -0.4 is 4.90 Å². The van der Waals surface area contributed by atoms with E-state index in [0.29, 0.717) is 0 Å². The van der Waals surface area contributed by atoms with Crippen molar-refractivity contribution in [2.24, 2.45) is 0 Å². The average Bonchev–Trinajstić information content (AvgIpc) is 3.22. The maximum absolute atomic E-state index is 11.1. The van der Waals surface area contributed by atoms with Crippen LogP contribution in [0.25, 0.3) is 0 Å². The maximum atomic E-state index is 11.1. The molecule has 3 heterocycles. The second kappa shape index (κ2) is 6.46. The van der Waals surface area contributed by atoms with Crippen LogP contribution in [0.1, 0.15) is 48.0 Å². The molecule has 0 spiro atoms. The number of aryl methyl sites for hydroxylation is 2. The third-order valence-electron chi connectivity index (χ3n) is 5.20. The number of carboxylic acids is 1. The Kier molecular flexibility index (Phi) is 4.15. The molecule has 7 heteroatoms. The Balaban J connectivity index is 1.60. The normalized spacial score (nSPS) is 19.9. The molecule has 0 bridgehead atoms. The van der Waals surface area contributed by atoms with Gasteiger partial charge in [-0.05, 0) is 45.1 Å². The standard InChI is InChI=1S/C18H23N5O2/c1-12-20-15-6-2-5-14(15)18(21-12)22-9-3-4-13(10-22)16-7-8-19-23(16)11-17(24)25/h7-8,13H,2-6,9-11H2,1H3,(H,24,25). The van der Waals surface area contributed by atoms with E-state index in [2.05, 4.69) is 15.0 Å². The smallest absolute Gasteiger partial charge is 0.325 e. The van der Waals surface area contributed by atoms with Gasteiger partial charge in [-0.15, -0.1) is 0 Å². The van der Waals surface area contributed by atoms with Gasteiger partial charge in [-0.25, -0.2) is 9.97 Å². The zero-order valence-electron chi connectivity index (χ0n) is 14.5. The van der Waals surface area contributed by atoms with E-state index in [1.165, 1.54) is 11.3 Å². The lowest BCUT2D eigenvalue weighted by Crippen LogP contribution is -2.36. The molecule has 0 radical (unpaired) electrons. The van der Waals surface area contributed by atoms with E-state index in [-0.39, 0.29) is 12.5 Å². The van der Waals surface area contributed by atoms with Crippen LogP contribution in [0, 0.1) is 6.92 Å². The van der Waals surface area contributed by atoms with E-state index < -0.39 is 5.97 Å². The molecule has 4 rings (SSSR count). The van der Waals surface area contributed by atoms with E-state index in [1.54, 1.807) is 10.9 Å². The molecule has 1 fully saturated rings. The van der Waals surface area contributed by atoms with Gasteiger partial charge in [-0.3, -0.25) is 9.48 Å². The van der Waals surface area contributed by atoms with Crippen molar-refractivity contribution in [2.75, 3.05) is 18.0 Å². The van der Waals surface area contributed by atoms with E-state index in [0.717, 1.165) is 62.5 Å². The van der Waals surface area contributed by atoms with E-state index >= 15 is 0 Å². The molecule has 1 N–H and O–H groups in total. The molecule has 1 aliphatic carbocycles. The number of rotatable bonds is 4. The van der Waals surface area contributed by atoms with Crippen molar-refractivity contribution in [2.45, 2.75) is 51.5 Å². The summed E-state index contributed by atoms with van der Waals surface area (Å²) in [5.41, 5.74) is 3.53. The lowest BCUT2D eigenvalue weighted by Gasteiger charge is -2.34. The summed E-state index contributed by atoms with van der Waals surface area (Å²) in [5, 5.41) is 13.3. The molecule has 132 valence electrons. The van der Waals surface area contributed by atoms with Crippen LogP contribution in [-0.4, -0.2) is 43.9 Å². The zero-order valence-corrected chi connectivity index (χ0v) is 14.5. The third-order valence-corrected chi connectivity index (χ3v) is 5.20. The predicted octanol–water partition coefficient (Wildman–Crippen LogP) is 1.94. The fraction of sp³-hybridized carbons (Fsp3) is 0.556. The molecule has 0 amide bonds. The third kappa shape index (κ3) is 3.10. The summed E-state index contributed by atoms with van der Waals surface area (Å²) in [7, 11) is 0. The van der Waals surface area contributed by atoms with Gasteiger partial charge < -0.3 is 10.0 Å². The molecule has 1 unspecified atom stereocenters. The summed E-state index contributed by atoms with van der Waals surface area (Å²) in [6.07, 6.45) is 7.08. The largest absolute Gasteiger partial charge is 0.480 e. The quantitative estimate of drug-likeness (QED) is 0.915. The van der Waals surface area contributed by atoms with Gasteiger partial charge in [0.05, 0.1) is 0 Å². The molecule has 25 heavy (non-hydrogen) atoms. The summed E-state index contributed by atoms with van der Waals surface area (Å²) >= 11 is 0. The van der Waals surface area contributed by atoms with E-state index in [1.807, 2.05) is 13.0 Å². The van der Waals surface area contributed by atoms with Crippen LogP contribution in [-0.2, 0) is 24.2 Å². The minimum Gasteiger partial charge on any atom is -0.480 e. The second-order valence-corrected chi connectivity index (χ2v) is 6.97. The van der Waals surface area contributed by atoms with Crippen LogP contribution in [0.15, 0.2) is 12.3 Å². The molecular weight excluding hydrogens is 318 g/mol. The minimum absolute atomic E-state index is 0.0825. The monoisotopic (exact) mass is 341 g/mol. The van der Waals surface area contributed by atoms with Crippen molar-refractivity contribution < 1.29 is 9.90 Å². The number of anilines is 1. The number of carboxylic acid groups (broad SMARTS) is 1. The molecule has 1 saturated heterocycles. The fourth-order valence-corrected chi connectivity index (χ4v) is 4.16. The Hall–Kier alpha value is -2.44. The summed E-state index contributed by atoms with van der Waals surface area (Å²) in [4.78, 5) is 22.8. The molecule has 2 aromatic heterocycles. The van der Waals surface area contributed by atoms with Gasteiger partial charge in [0.15, 0.2) is 0 Å². The van der Waals surface area contributed by atoms with Gasteiger partial charge in [-0.2, -0.15) is 5.10 Å². The summed E-state index contributed by atoms with van der Waals surface area (Å²) < 4.78 is 1.62. The molecular formula is C18H23N5O2. The van der Waals surface area contributed by atoms with Gasteiger partial charge in [-0.1, -0.05) is 0 Å². The van der Waals surface area contributed by atoms with Crippen LogP contribution in [0.5, 0.6) is 0 Å². The lowest BCUT2D eigenvalue weighted by molar-refractivity contribution is -0.137. The first-order chi connectivity index (χ1) is 12.1. The summed E-state index contributed by atoms with van der Waals surface area (Å²) in [5.74, 6) is 1.35. The van der Waals surface area contributed by atoms with Crippen molar-refractivity contribution in [1.82, 2.24) is 19.7 Å². The first-order valence-electron chi connectivity index (χ1n) is 8.96. The minimum atomic E-state index is -0.859.